The van der Waals surface area contributed by atoms with Crippen molar-refractivity contribution in [2.45, 2.75) is 37.2 Å². The summed E-state index contributed by atoms with van der Waals surface area (Å²) in [7, 11) is -7.38. The lowest BCUT2D eigenvalue weighted by molar-refractivity contribution is 0.565. The van der Waals surface area contributed by atoms with Crippen LogP contribution in [0.3, 0.4) is 0 Å². The summed E-state index contributed by atoms with van der Waals surface area (Å²) in [6, 6.07) is 11.4. The first kappa shape index (κ1) is 25.3. The molecule has 0 amide bonds. The van der Waals surface area contributed by atoms with Gasteiger partial charge < -0.3 is 10.6 Å². The lowest BCUT2D eigenvalue weighted by Crippen LogP contribution is -2.37. The van der Waals surface area contributed by atoms with E-state index in [1.807, 2.05) is 13.0 Å². The normalized spacial score (nSPS) is 14.0. The molecule has 1 saturated carbocycles. The molecule has 1 aliphatic carbocycles. The second kappa shape index (κ2) is 10.0. The fourth-order valence-corrected chi connectivity index (χ4v) is 4.95. The molecule has 6 N–H and O–H groups in total. The van der Waals surface area contributed by atoms with Crippen LogP contribution in [0.15, 0.2) is 53.6 Å². The van der Waals surface area contributed by atoms with E-state index in [1.165, 1.54) is 18.3 Å². The summed E-state index contributed by atoms with van der Waals surface area (Å²) < 4.78 is 52.3. The third-order valence-electron chi connectivity index (χ3n) is 5.07. The predicted molar refractivity (Wildman–Crippen MR) is 135 cm³/mol. The van der Waals surface area contributed by atoms with Crippen LogP contribution in [0.5, 0.6) is 0 Å². The van der Waals surface area contributed by atoms with Crippen molar-refractivity contribution in [3.8, 4) is 0 Å². The highest BCUT2D eigenvalue weighted by atomic mass is 35.5. The summed E-state index contributed by atoms with van der Waals surface area (Å²) in [5.41, 5.74) is 2.79. The van der Waals surface area contributed by atoms with Crippen LogP contribution in [-0.2, 0) is 26.8 Å². The van der Waals surface area contributed by atoms with Crippen molar-refractivity contribution in [2.75, 3.05) is 10.6 Å². The highest BCUT2D eigenvalue weighted by Gasteiger charge is 2.26. The fourth-order valence-electron chi connectivity index (χ4n) is 3.14. The first-order valence-corrected chi connectivity index (χ1v) is 14.0. The molecule has 14 heteroatoms. The monoisotopic (exact) mass is 537 g/mol. The van der Waals surface area contributed by atoms with E-state index in [0.717, 1.165) is 29.7 Å². The predicted octanol–water partition coefficient (Wildman–Crippen LogP) is 2.66. The zero-order chi connectivity index (χ0) is 25.2. The van der Waals surface area contributed by atoms with Crippen LogP contribution in [0.4, 0.5) is 23.1 Å². The molecule has 1 aromatic heterocycles. The smallest absolute Gasteiger partial charge is 0.277 e. The number of nitrogens with zero attached hydrogens (tertiary/aromatic N) is 2. The largest absolute Gasteiger partial charge is 0.339 e. The van der Waals surface area contributed by atoms with E-state index in [-0.39, 0.29) is 28.5 Å². The molecule has 2 aromatic carbocycles. The molecular formula is C21H24ClN7O4S2. The Labute approximate surface area is 208 Å². The van der Waals surface area contributed by atoms with Gasteiger partial charge in [-0.25, -0.2) is 18.5 Å². The van der Waals surface area contributed by atoms with Gasteiger partial charge >= 0.3 is 0 Å². The van der Waals surface area contributed by atoms with Gasteiger partial charge in [0.25, 0.3) is 10.2 Å². The van der Waals surface area contributed by atoms with E-state index in [2.05, 4.69) is 30.0 Å². The van der Waals surface area contributed by atoms with Gasteiger partial charge in [0.2, 0.25) is 16.0 Å². The van der Waals surface area contributed by atoms with Gasteiger partial charge in [-0.1, -0.05) is 29.8 Å². The molecule has 0 atom stereocenters. The van der Waals surface area contributed by atoms with Crippen molar-refractivity contribution in [3.63, 3.8) is 0 Å². The number of hydrogen-bond donors (Lipinski definition) is 5. The van der Waals surface area contributed by atoms with Crippen LogP contribution in [0.25, 0.3) is 0 Å². The molecule has 186 valence electrons. The maximum atomic E-state index is 12.0. The third-order valence-corrected chi connectivity index (χ3v) is 7.43. The molecular weight excluding hydrogens is 514 g/mol. The molecule has 4 rings (SSSR count). The number of nitrogens with one attached hydrogen (secondary N) is 4. The maximum absolute atomic E-state index is 12.0. The Kier molecular flexibility index (Phi) is 7.26. The number of rotatable bonds is 10. The quantitative estimate of drug-likeness (QED) is 0.263. The van der Waals surface area contributed by atoms with Gasteiger partial charge in [0, 0.05) is 24.0 Å². The second-order valence-electron chi connectivity index (χ2n) is 8.08. The minimum Gasteiger partial charge on any atom is -0.339 e. The van der Waals surface area contributed by atoms with Crippen molar-refractivity contribution < 1.29 is 16.8 Å². The molecule has 0 spiro atoms. The minimum absolute atomic E-state index is 0.0374. The van der Waals surface area contributed by atoms with Crippen molar-refractivity contribution in [1.29, 1.82) is 0 Å². The zero-order valence-corrected chi connectivity index (χ0v) is 21.0. The number of sulfonamides is 1. The Bertz CT molecular complexity index is 1460. The lowest BCUT2D eigenvalue weighted by atomic mass is 10.1. The number of primary sulfonamides is 1. The molecule has 1 aliphatic rings. The van der Waals surface area contributed by atoms with Gasteiger partial charge in [-0.05, 0) is 55.2 Å². The minimum atomic E-state index is -3.85. The molecule has 0 unspecified atom stereocenters. The Morgan fingerprint density at radius 1 is 1.09 bits per heavy atom. The second-order valence-corrected chi connectivity index (χ2v) is 11.6. The highest BCUT2D eigenvalue weighted by molar-refractivity contribution is 7.89. The van der Waals surface area contributed by atoms with Gasteiger partial charge in [0.15, 0.2) is 5.82 Å². The van der Waals surface area contributed by atoms with Crippen molar-refractivity contribution >= 4 is 55.0 Å². The average molecular weight is 538 g/mol. The van der Waals surface area contributed by atoms with Crippen LogP contribution in [0.1, 0.15) is 24.0 Å². The first-order chi connectivity index (χ1) is 16.5. The van der Waals surface area contributed by atoms with Crippen LogP contribution in [0.2, 0.25) is 5.02 Å². The summed E-state index contributed by atoms with van der Waals surface area (Å²) in [5, 5.41) is 11.5. The van der Waals surface area contributed by atoms with Crippen molar-refractivity contribution in [3.05, 3.63) is 64.8 Å². The number of hydrogen-bond acceptors (Lipinski definition) is 8. The van der Waals surface area contributed by atoms with Crippen molar-refractivity contribution in [2.24, 2.45) is 5.14 Å². The Balaban J connectivity index is 1.45. The molecule has 1 fully saturated rings. The van der Waals surface area contributed by atoms with Gasteiger partial charge in [-0.15, -0.1) is 0 Å². The van der Waals surface area contributed by atoms with Gasteiger partial charge in [0.1, 0.15) is 5.02 Å². The zero-order valence-electron chi connectivity index (χ0n) is 18.6. The molecule has 1 heterocycles. The van der Waals surface area contributed by atoms with E-state index in [4.69, 9.17) is 16.7 Å². The Morgan fingerprint density at radius 3 is 2.54 bits per heavy atom. The SMILES string of the molecule is Cc1cc(CNS(=O)(=O)NC2CC2)ccc1Nc1nc(Nc2cccc(S(N)(=O)=O)c2)ncc1Cl. The van der Waals surface area contributed by atoms with Crippen LogP contribution < -0.4 is 25.2 Å². The standard InChI is InChI=1S/C21H24ClN7O4S2/c1-13-9-14(11-25-35(32,33)29-15-6-7-15)5-8-19(13)27-20-18(22)12-24-21(28-20)26-16-3-2-4-17(10-16)34(23,30)31/h2-5,8-10,12,15,25,29H,6-7,11H2,1H3,(H2,23,30,31)(H2,24,26,27,28). The number of benzene rings is 2. The van der Waals surface area contributed by atoms with Gasteiger partial charge in [-0.2, -0.15) is 22.8 Å². The summed E-state index contributed by atoms with van der Waals surface area (Å²) in [6.07, 6.45) is 3.14. The fraction of sp³-hybridized carbons (Fsp3) is 0.238. The van der Waals surface area contributed by atoms with Crippen LogP contribution in [0, 0.1) is 6.92 Å². The van der Waals surface area contributed by atoms with Crippen LogP contribution >= 0.6 is 11.6 Å². The molecule has 0 radical (unpaired) electrons. The van der Waals surface area contributed by atoms with Crippen LogP contribution in [-0.4, -0.2) is 32.8 Å². The number of halogens is 1. The number of aromatic nitrogens is 2. The average Bonchev–Trinajstić information content (AvgIpc) is 3.59. The highest BCUT2D eigenvalue weighted by Crippen LogP contribution is 2.27. The van der Waals surface area contributed by atoms with Gasteiger partial charge in [-0.3, -0.25) is 0 Å². The third kappa shape index (κ3) is 7.10. The molecule has 0 saturated heterocycles. The van der Waals surface area contributed by atoms with Gasteiger partial charge in [0.05, 0.1) is 11.1 Å². The first-order valence-electron chi connectivity index (χ1n) is 10.5. The number of nitrogens with two attached hydrogens (primary N) is 1. The molecule has 0 bridgehead atoms. The summed E-state index contributed by atoms with van der Waals surface area (Å²) in [4.78, 5) is 8.46. The summed E-state index contributed by atoms with van der Waals surface area (Å²) >= 11 is 6.27. The van der Waals surface area contributed by atoms with E-state index >= 15 is 0 Å². The summed E-state index contributed by atoms with van der Waals surface area (Å²) in [5.74, 6) is 0.521. The topological polar surface area (TPSA) is 168 Å². The molecule has 35 heavy (non-hydrogen) atoms. The van der Waals surface area contributed by atoms with E-state index in [1.54, 1.807) is 24.3 Å². The summed E-state index contributed by atoms with van der Waals surface area (Å²) in [6.45, 7) is 2.03. The maximum Gasteiger partial charge on any atom is 0.277 e. The number of anilines is 4. The number of aryl methyl sites for hydroxylation is 1. The van der Waals surface area contributed by atoms with E-state index in [0.29, 0.717) is 11.5 Å². The van der Waals surface area contributed by atoms with E-state index < -0.39 is 20.2 Å². The lowest BCUT2D eigenvalue weighted by Gasteiger charge is -2.14. The molecule has 3 aromatic rings. The Hall–Kier alpha value is -2.81. The molecule has 11 nitrogen and oxygen atoms in total. The van der Waals surface area contributed by atoms with E-state index in [9.17, 15) is 16.8 Å². The Morgan fingerprint density at radius 2 is 1.86 bits per heavy atom. The van der Waals surface area contributed by atoms with Crippen molar-refractivity contribution in [1.82, 2.24) is 19.4 Å². The molecule has 0 aliphatic heterocycles.